The van der Waals surface area contributed by atoms with Crippen molar-refractivity contribution in [3.8, 4) is 11.3 Å². The molecule has 20 heavy (non-hydrogen) atoms. The summed E-state index contributed by atoms with van der Waals surface area (Å²) in [7, 11) is 0. The van der Waals surface area contributed by atoms with Gasteiger partial charge >= 0.3 is 0 Å². The monoisotopic (exact) mass is 270 g/mol. The van der Waals surface area contributed by atoms with Gasteiger partial charge in [0.15, 0.2) is 0 Å². The third-order valence-electron chi connectivity index (χ3n) is 3.38. The number of aromatic nitrogens is 2. The summed E-state index contributed by atoms with van der Waals surface area (Å²) in [4.78, 5) is 19.4. The first-order valence-electron chi connectivity index (χ1n) is 7.20. The lowest BCUT2D eigenvalue weighted by atomic mass is 9.99. The average molecular weight is 270 g/mol. The van der Waals surface area contributed by atoms with Crippen LogP contribution in [0, 0.1) is 12.8 Å². The Hall–Kier alpha value is -1.90. The average Bonchev–Trinajstić information content (AvgIpc) is 2.41. The number of hydrogen-bond donors (Lipinski definition) is 1. The van der Waals surface area contributed by atoms with E-state index in [9.17, 15) is 4.79 Å². The summed E-state index contributed by atoms with van der Waals surface area (Å²) >= 11 is 0. The lowest BCUT2D eigenvalue weighted by Gasteiger charge is -2.10. The Balaban J connectivity index is 2.51. The number of rotatable bonds is 4. The van der Waals surface area contributed by atoms with Gasteiger partial charge in [0.1, 0.15) is 5.82 Å². The van der Waals surface area contributed by atoms with Crippen LogP contribution in [0.1, 0.15) is 37.7 Å². The molecule has 106 valence electrons. The quantitative estimate of drug-likeness (QED) is 0.924. The van der Waals surface area contributed by atoms with Crippen molar-refractivity contribution >= 4 is 0 Å². The van der Waals surface area contributed by atoms with E-state index >= 15 is 0 Å². The molecule has 3 heteroatoms. The molecule has 3 nitrogen and oxygen atoms in total. The van der Waals surface area contributed by atoms with Crippen molar-refractivity contribution in [1.82, 2.24) is 9.97 Å². The summed E-state index contributed by atoms with van der Waals surface area (Å²) in [6, 6.07) is 8.35. The minimum Gasteiger partial charge on any atom is -0.310 e. The van der Waals surface area contributed by atoms with Gasteiger partial charge in [0.2, 0.25) is 0 Å². The Morgan fingerprint density at radius 1 is 1.30 bits per heavy atom. The minimum absolute atomic E-state index is 0.0406. The molecule has 0 saturated carbocycles. The molecule has 1 aromatic heterocycles. The third kappa shape index (κ3) is 3.16. The second-order valence-electron chi connectivity index (χ2n) is 5.64. The van der Waals surface area contributed by atoms with Crippen molar-refractivity contribution < 1.29 is 0 Å². The number of nitrogens with zero attached hydrogens (tertiary/aromatic N) is 1. The topological polar surface area (TPSA) is 45.8 Å². The van der Waals surface area contributed by atoms with Gasteiger partial charge in [0.05, 0.1) is 5.69 Å². The molecular weight excluding hydrogens is 248 g/mol. The van der Waals surface area contributed by atoms with Crippen LogP contribution >= 0.6 is 0 Å². The minimum atomic E-state index is -0.0406. The normalized spacial score (nSPS) is 11.1. The third-order valence-corrected chi connectivity index (χ3v) is 3.38. The molecule has 0 atom stereocenters. The molecule has 0 bridgehead atoms. The van der Waals surface area contributed by atoms with Gasteiger partial charge in [-0.3, -0.25) is 4.79 Å². The van der Waals surface area contributed by atoms with E-state index in [1.807, 2.05) is 26.0 Å². The van der Waals surface area contributed by atoms with E-state index in [-0.39, 0.29) is 5.56 Å². The van der Waals surface area contributed by atoms with Crippen molar-refractivity contribution in [3.05, 3.63) is 51.6 Å². The molecule has 2 aromatic rings. The molecule has 1 heterocycles. The summed E-state index contributed by atoms with van der Waals surface area (Å²) in [5, 5.41) is 0. The van der Waals surface area contributed by atoms with Crippen molar-refractivity contribution in [1.29, 1.82) is 0 Å². The maximum absolute atomic E-state index is 12.0. The molecule has 0 aliphatic carbocycles. The molecule has 1 N–H and O–H groups in total. The van der Waals surface area contributed by atoms with Crippen LogP contribution in [0.3, 0.4) is 0 Å². The van der Waals surface area contributed by atoms with E-state index in [4.69, 9.17) is 0 Å². The van der Waals surface area contributed by atoms with Crippen LogP contribution in [0.5, 0.6) is 0 Å². The van der Waals surface area contributed by atoms with Crippen LogP contribution in [-0.2, 0) is 12.8 Å². The molecule has 0 aliphatic heterocycles. The van der Waals surface area contributed by atoms with Gasteiger partial charge in [0.25, 0.3) is 5.56 Å². The summed E-state index contributed by atoms with van der Waals surface area (Å²) in [6.07, 6.45) is 1.77. The highest BCUT2D eigenvalue weighted by Gasteiger charge is 2.10. The number of nitrogens with one attached hydrogen (secondary N) is 1. The number of benzene rings is 1. The highest BCUT2D eigenvalue weighted by molar-refractivity contribution is 5.63. The van der Waals surface area contributed by atoms with E-state index < -0.39 is 0 Å². The molecule has 0 aliphatic rings. The van der Waals surface area contributed by atoms with Crippen LogP contribution in [-0.4, -0.2) is 9.97 Å². The SMILES string of the molecule is CCc1nc(-c2cccc(CC(C)C)c2)c(C)c(=O)[nH]1. The lowest BCUT2D eigenvalue weighted by Crippen LogP contribution is -2.15. The molecule has 0 radical (unpaired) electrons. The zero-order valence-electron chi connectivity index (χ0n) is 12.7. The number of hydrogen-bond acceptors (Lipinski definition) is 2. The molecule has 0 saturated heterocycles. The molecule has 1 aromatic carbocycles. The van der Waals surface area contributed by atoms with Gasteiger partial charge in [-0.25, -0.2) is 4.98 Å². The van der Waals surface area contributed by atoms with E-state index in [1.54, 1.807) is 0 Å². The fraction of sp³-hybridized carbons (Fsp3) is 0.412. The second-order valence-corrected chi connectivity index (χ2v) is 5.64. The maximum atomic E-state index is 12.0. The first-order chi connectivity index (χ1) is 9.51. The second kappa shape index (κ2) is 6.04. The number of aryl methyl sites for hydroxylation is 1. The van der Waals surface area contributed by atoms with E-state index in [0.717, 1.165) is 29.9 Å². The zero-order valence-corrected chi connectivity index (χ0v) is 12.7. The largest absolute Gasteiger partial charge is 0.310 e. The van der Waals surface area contributed by atoms with Crippen LogP contribution in [0.15, 0.2) is 29.1 Å². The predicted molar refractivity (Wildman–Crippen MR) is 83.0 cm³/mol. The smallest absolute Gasteiger partial charge is 0.254 e. The standard InChI is InChI=1S/C17H22N2O/c1-5-15-18-16(12(4)17(20)19-15)14-8-6-7-13(10-14)9-11(2)3/h6-8,10-11H,5,9H2,1-4H3,(H,18,19,20). The van der Waals surface area contributed by atoms with Gasteiger partial charge in [0, 0.05) is 17.5 Å². The first-order valence-corrected chi connectivity index (χ1v) is 7.20. The Kier molecular flexibility index (Phi) is 4.38. The van der Waals surface area contributed by atoms with Crippen LogP contribution in [0.25, 0.3) is 11.3 Å². The number of aromatic amines is 1. The Morgan fingerprint density at radius 2 is 2.05 bits per heavy atom. The van der Waals surface area contributed by atoms with Crippen molar-refractivity contribution in [3.63, 3.8) is 0 Å². The van der Waals surface area contributed by atoms with Gasteiger partial charge < -0.3 is 4.98 Å². The molecule has 2 rings (SSSR count). The fourth-order valence-corrected chi connectivity index (χ4v) is 2.34. The molecule has 0 fully saturated rings. The Bertz CT molecular complexity index is 656. The van der Waals surface area contributed by atoms with Gasteiger partial charge in [-0.2, -0.15) is 0 Å². The van der Waals surface area contributed by atoms with E-state index in [2.05, 4.69) is 35.9 Å². The number of H-pyrrole nitrogens is 1. The molecule has 0 amide bonds. The van der Waals surface area contributed by atoms with Crippen molar-refractivity contribution in [2.75, 3.05) is 0 Å². The Labute approximate surface area is 120 Å². The highest BCUT2D eigenvalue weighted by atomic mass is 16.1. The Morgan fingerprint density at radius 3 is 2.70 bits per heavy atom. The van der Waals surface area contributed by atoms with Gasteiger partial charge in [-0.15, -0.1) is 0 Å². The lowest BCUT2D eigenvalue weighted by molar-refractivity contribution is 0.647. The zero-order chi connectivity index (χ0) is 14.7. The molecular formula is C17H22N2O. The molecule has 0 unspecified atom stereocenters. The van der Waals surface area contributed by atoms with E-state index in [0.29, 0.717) is 11.5 Å². The van der Waals surface area contributed by atoms with Crippen molar-refractivity contribution in [2.45, 2.75) is 40.5 Å². The fourth-order valence-electron chi connectivity index (χ4n) is 2.34. The van der Waals surface area contributed by atoms with Crippen molar-refractivity contribution in [2.24, 2.45) is 5.92 Å². The maximum Gasteiger partial charge on any atom is 0.254 e. The van der Waals surface area contributed by atoms with Gasteiger partial charge in [-0.1, -0.05) is 39.0 Å². The van der Waals surface area contributed by atoms with Crippen LogP contribution in [0.2, 0.25) is 0 Å². The summed E-state index contributed by atoms with van der Waals surface area (Å²) in [5.41, 5.74) is 3.76. The summed E-state index contributed by atoms with van der Waals surface area (Å²) in [5.74, 6) is 1.36. The molecule has 0 spiro atoms. The predicted octanol–water partition coefficient (Wildman–Crippen LogP) is 3.51. The summed E-state index contributed by atoms with van der Waals surface area (Å²) in [6.45, 7) is 8.24. The van der Waals surface area contributed by atoms with Gasteiger partial charge in [-0.05, 0) is 30.9 Å². The first kappa shape index (κ1) is 14.5. The van der Waals surface area contributed by atoms with Crippen LogP contribution < -0.4 is 5.56 Å². The van der Waals surface area contributed by atoms with E-state index in [1.165, 1.54) is 5.56 Å². The summed E-state index contributed by atoms with van der Waals surface area (Å²) < 4.78 is 0. The highest BCUT2D eigenvalue weighted by Crippen LogP contribution is 2.21. The van der Waals surface area contributed by atoms with Crippen LogP contribution in [0.4, 0.5) is 0 Å².